The summed E-state index contributed by atoms with van der Waals surface area (Å²) in [6, 6.07) is 12.7. The maximum absolute atomic E-state index is 13.9. The molecule has 3 aromatic rings. The highest BCUT2D eigenvalue weighted by molar-refractivity contribution is 5.92. The largest absolute Gasteiger partial charge is 0.417 e. The summed E-state index contributed by atoms with van der Waals surface area (Å²) in [5.41, 5.74) is 9.64. The van der Waals surface area contributed by atoms with Gasteiger partial charge in [-0.25, -0.2) is 0 Å². The minimum atomic E-state index is -4.40. The van der Waals surface area contributed by atoms with Crippen molar-refractivity contribution >= 4 is 10.9 Å². The van der Waals surface area contributed by atoms with Gasteiger partial charge in [0.05, 0.1) is 11.3 Å². The average molecular weight is 467 g/mol. The van der Waals surface area contributed by atoms with Crippen molar-refractivity contribution in [3.05, 3.63) is 59.2 Å². The molecule has 0 spiro atoms. The third-order valence-corrected chi connectivity index (χ3v) is 8.94. The molecule has 0 radical (unpaired) electrons. The molecule has 4 aliphatic carbocycles. The van der Waals surface area contributed by atoms with Crippen LogP contribution in [0.15, 0.2) is 42.5 Å². The molecule has 180 valence electrons. The van der Waals surface area contributed by atoms with Crippen LogP contribution in [0.5, 0.6) is 0 Å². The third kappa shape index (κ3) is 3.67. The van der Waals surface area contributed by atoms with Gasteiger partial charge in [0.25, 0.3) is 0 Å². The van der Waals surface area contributed by atoms with Crippen molar-refractivity contribution in [3.63, 3.8) is 0 Å². The number of H-pyrrole nitrogens is 1. The van der Waals surface area contributed by atoms with E-state index in [1.165, 1.54) is 56.2 Å². The highest BCUT2D eigenvalue weighted by atomic mass is 19.4. The summed E-state index contributed by atoms with van der Waals surface area (Å²) in [6.45, 7) is 0.593. The van der Waals surface area contributed by atoms with Gasteiger partial charge in [-0.1, -0.05) is 24.3 Å². The quantitative estimate of drug-likeness (QED) is 0.361. The van der Waals surface area contributed by atoms with Crippen LogP contribution in [0, 0.1) is 17.8 Å². The Hall–Kier alpha value is -2.27. The molecule has 0 amide bonds. The number of aryl methyl sites for hydroxylation is 1. The highest BCUT2D eigenvalue weighted by Crippen LogP contribution is 2.61. The fourth-order valence-electron chi connectivity index (χ4n) is 7.93. The molecule has 7 rings (SSSR count). The number of alkyl halides is 3. The van der Waals surface area contributed by atoms with E-state index >= 15 is 0 Å². The molecule has 2 nitrogen and oxygen atoms in total. The smallest absolute Gasteiger partial charge is 0.354 e. The lowest BCUT2D eigenvalue weighted by Crippen LogP contribution is -2.48. The van der Waals surface area contributed by atoms with Crippen LogP contribution in [0.2, 0.25) is 0 Å². The molecule has 0 saturated heterocycles. The molecule has 0 unspecified atom stereocenters. The average Bonchev–Trinajstić information content (AvgIpc) is 3.16. The number of nitrogens with one attached hydrogen (secondary N) is 1. The highest BCUT2D eigenvalue weighted by Gasteiger charge is 2.51. The molecule has 1 aromatic heterocycles. The van der Waals surface area contributed by atoms with Crippen molar-refractivity contribution in [3.8, 4) is 11.3 Å². The minimum Gasteiger partial charge on any atom is -0.354 e. The molecule has 0 aliphatic heterocycles. The lowest BCUT2D eigenvalue weighted by atomic mass is 9.48. The van der Waals surface area contributed by atoms with Crippen molar-refractivity contribution in [2.24, 2.45) is 23.5 Å². The maximum Gasteiger partial charge on any atom is 0.417 e. The Morgan fingerprint density at radius 2 is 1.59 bits per heavy atom. The summed E-state index contributed by atoms with van der Waals surface area (Å²) in [7, 11) is 0. The molecule has 5 heteroatoms. The first-order valence-corrected chi connectivity index (χ1v) is 12.9. The number of hydrogen-bond acceptors (Lipinski definition) is 1. The predicted molar refractivity (Wildman–Crippen MR) is 131 cm³/mol. The molecule has 34 heavy (non-hydrogen) atoms. The van der Waals surface area contributed by atoms with Gasteiger partial charge in [0, 0.05) is 16.5 Å². The van der Waals surface area contributed by atoms with Crippen molar-refractivity contribution in [1.29, 1.82) is 0 Å². The van der Waals surface area contributed by atoms with Crippen molar-refractivity contribution in [2.75, 3.05) is 6.54 Å². The summed E-state index contributed by atoms with van der Waals surface area (Å²) < 4.78 is 41.7. The maximum atomic E-state index is 13.9. The van der Waals surface area contributed by atoms with Gasteiger partial charge in [0.1, 0.15) is 0 Å². The molecule has 3 N–H and O–H groups in total. The molecule has 4 fully saturated rings. The van der Waals surface area contributed by atoms with Crippen LogP contribution in [-0.4, -0.2) is 11.5 Å². The number of halogens is 3. The van der Waals surface area contributed by atoms with Crippen LogP contribution >= 0.6 is 0 Å². The van der Waals surface area contributed by atoms with Crippen LogP contribution in [0.3, 0.4) is 0 Å². The summed E-state index contributed by atoms with van der Waals surface area (Å²) >= 11 is 0. The molecule has 0 atom stereocenters. The Morgan fingerprint density at radius 3 is 2.24 bits per heavy atom. The van der Waals surface area contributed by atoms with Crippen LogP contribution in [0.25, 0.3) is 22.2 Å². The van der Waals surface area contributed by atoms with E-state index in [0.29, 0.717) is 12.2 Å². The van der Waals surface area contributed by atoms with Crippen LogP contribution in [0.1, 0.15) is 68.1 Å². The zero-order valence-electron chi connectivity index (χ0n) is 19.6. The molecule has 2 aromatic carbocycles. The normalized spacial score (nSPS) is 28.2. The Kier molecular flexibility index (Phi) is 5.32. The van der Waals surface area contributed by atoms with Gasteiger partial charge in [-0.3, -0.25) is 0 Å². The Balaban J connectivity index is 1.48. The van der Waals surface area contributed by atoms with E-state index in [9.17, 15) is 13.2 Å². The van der Waals surface area contributed by atoms with Crippen LogP contribution < -0.4 is 5.73 Å². The number of aromatic nitrogens is 1. The monoisotopic (exact) mass is 466 g/mol. The second kappa shape index (κ2) is 8.15. The SMILES string of the molecule is NCCCCc1c(-c2ccccc2C(F)(F)F)[nH]c2ccc(C34CC5CC(CC(C5)C3)C4)cc12. The van der Waals surface area contributed by atoms with E-state index in [2.05, 4.69) is 23.2 Å². The fourth-order valence-corrected chi connectivity index (χ4v) is 7.93. The number of nitrogens with two attached hydrogens (primary N) is 1. The fraction of sp³-hybridized carbons (Fsp3) is 0.517. The van der Waals surface area contributed by atoms with Gasteiger partial charge in [-0.05, 0) is 117 Å². The lowest BCUT2D eigenvalue weighted by molar-refractivity contribution is -0.137. The molecule has 1 heterocycles. The number of fused-ring (bicyclic) bond motifs is 1. The topological polar surface area (TPSA) is 41.8 Å². The number of rotatable bonds is 6. The van der Waals surface area contributed by atoms with Gasteiger partial charge in [-0.2, -0.15) is 13.2 Å². The molecular weight excluding hydrogens is 433 g/mol. The second-order valence-electron chi connectivity index (χ2n) is 11.2. The van der Waals surface area contributed by atoms with Crippen LogP contribution in [-0.2, 0) is 18.0 Å². The summed E-state index contributed by atoms with van der Waals surface area (Å²) in [5.74, 6) is 2.56. The molecule has 4 bridgehead atoms. The first kappa shape index (κ1) is 22.2. The third-order valence-electron chi connectivity index (χ3n) is 8.94. The summed E-state index contributed by atoms with van der Waals surface area (Å²) in [6.07, 6.45) is 6.09. The van der Waals surface area contributed by atoms with E-state index in [1.54, 1.807) is 12.1 Å². The van der Waals surface area contributed by atoms with Crippen molar-refractivity contribution in [2.45, 2.75) is 69.4 Å². The number of unbranched alkanes of at least 4 members (excludes halogenated alkanes) is 1. The van der Waals surface area contributed by atoms with Gasteiger partial charge >= 0.3 is 6.18 Å². The van der Waals surface area contributed by atoms with Gasteiger partial charge in [-0.15, -0.1) is 0 Å². The van der Waals surface area contributed by atoms with E-state index in [4.69, 9.17) is 5.73 Å². The Morgan fingerprint density at radius 1 is 0.912 bits per heavy atom. The van der Waals surface area contributed by atoms with Crippen molar-refractivity contribution in [1.82, 2.24) is 4.98 Å². The van der Waals surface area contributed by atoms with Crippen LogP contribution in [0.4, 0.5) is 13.2 Å². The van der Waals surface area contributed by atoms with Gasteiger partial charge < -0.3 is 10.7 Å². The molecular formula is C29H33F3N2. The summed E-state index contributed by atoms with van der Waals surface area (Å²) in [5, 5.41) is 1.09. The second-order valence-corrected chi connectivity index (χ2v) is 11.2. The molecule has 4 saturated carbocycles. The standard InChI is InChI=1S/C29H33F3N2/c30-29(31,32)25-7-2-1-6-23(25)27-22(5-3-4-10-33)24-14-21(8-9-26(24)34-27)28-15-18-11-19(16-28)13-20(12-18)17-28/h1-2,6-9,14,18-20,34H,3-5,10-13,15-17,33H2. The number of hydrogen-bond donors (Lipinski definition) is 2. The van der Waals surface area contributed by atoms with Gasteiger partial charge in [0.15, 0.2) is 0 Å². The van der Waals surface area contributed by atoms with Gasteiger partial charge in [0.2, 0.25) is 0 Å². The van der Waals surface area contributed by atoms with E-state index < -0.39 is 11.7 Å². The Bertz CT molecular complexity index is 1170. The number of benzene rings is 2. The van der Waals surface area contributed by atoms with E-state index in [1.807, 2.05) is 0 Å². The first-order chi connectivity index (χ1) is 16.4. The van der Waals surface area contributed by atoms with E-state index in [0.717, 1.165) is 53.5 Å². The lowest BCUT2D eigenvalue weighted by Gasteiger charge is -2.57. The zero-order chi connectivity index (χ0) is 23.5. The first-order valence-electron chi connectivity index (χ1n) is 12.9. The Labute approximate surface area is 199 Å². The van der Waals surface area contributed by atoms with Crippen molar-refractivity contribution < 1.29 is 13.2 Å². The summed E-state index contributed by atoms with van der Waals surface area (Å²) in [4.78, 5) is 3.39. The molecule has 4 aliphatic rings. The van der Waals surface area contributed by atoms with E-state index in [-0.39, 0.29) is 11.0 Å². The predicted octanol–water partition coefficient (Wildman–Crippen LogP) is 7.60. The number of aromatic amines is 1. The minimum absolute atomic E-state index is 0.241. The zero-order valence-corrected chi connectivity index (χ0v) is 19.6.